The lowest BCUT2D eigenvalue weighted by atomic mass is 10.1. The van der Waals surface area contributed by atoms with Crippen LogP contribution in [0.3, 0.4) is 0 Å². The number of benzene rings is 1. The summed E-state index contributed by atoms with van der Waals surface area (Å²) in [4.78, 5) is 0. The summed E-state index contributed by atoms with van der Waals surface area (Å²) in [7, 11) is 1.67. The first kappa shape index (κ1) is 16.5. The van der Waals surface area contributed by atoms with Crippen molar-refractivity contribution in [2.75, 3.05) is 33.4 Å². The molecule has 1 aromatic rings. The molecule has 0 aromatic heterocycles. The lowest BCUT2D eigenvalue weighted by Crippen LogP contribution is -2.24. The molecule has 0 bridgehead atoms. The zero-order valence-corrected chi connectivity index (χ0v) is 13.6. The van der Waals surface area contributed by atoms with Crippen molar-refractivity contribution in [2.45, 2.75) is 20.3 Å². The molecule has 3 nitrogen and oxygen atoms in total. The van der Waals surface area contributed by atoms with Gasteiger partial charge in [0, 0.05) is 6.54 Å². The fourth-order valence-corrected chi connectivity index (χ4v) is 2.28. The van der Waals surface area contributed by atoms with Gasteiger partial charge < -0.3 is 14.8 Å². The summed E-state index contributed by atoms with van der Waals surface area (Å²) in [5, 5.41) is 3.36. The number of hydrogen-bond donors (Lipinski definition) is 1. The van der Waals surface area contributed by atoms with Gasteiger partial charge in [0.25, 0.3) is 0 Å². The van der Waals surface area contributed by atoms with Crippen molar-refractivity contribution in [3.05, 3.63) is 28.2 Å². The highest BCUT2D eigenvalue weighted by Crippen LogP contribution is 2.25. The second kappa shape index (κ2) is 9.34. The van der Waals surface area contributed by atoms with Crippen LogP contribution in [0.1, 0.15) is 19.4 Å². The van der Waals surface area contributed by atoms with E-state index in [0.29, 0.717) is 5.92 Å². The average Bonchev–Trinajstić information content (AvgIpc) is 2.37. The Hall–Kier alpha value is -0.580. The van der Waals surface area contributed by atoms with Crippen LogP contribution in [0.5, 0.6) is 5.75 Å². The SMILES string of the molecule is COc1ccc(CCOCCNCC(C)C)cc1Br. The second-order valence-corrected chi connectivity index (χ2v) is 5.78. The third kappa shape index (κ3) is 6.95. The van der Waals surface area contributed by atoms with Crippen LogP contribution in [0.25, 0.3) is 0 Å². The van der Waals surface area contributed by atoms with Gasteiger partial charge in [-0.05, 0) is 52.5 Å². The maximum absolute atomic E-state index is 5.61. The zero-order valence-electron chi connectivity index (χ0n) is 12.0. The molecular formula is C15H24BrNO2. The molecule has 0 aliphatic rings. The molecule has 0 atom stereocenters. The highest BCUT2D eigenvalue weighted by atomic mass is 79.9. The number of hydrogen-bond acceptors (Lipinski definition) is 3. The predicted octanol–water partition coefficient (Wildman–Crippen LogP) is 3.26. The van der Waals surface area contributed by atoms with Crippen LogP contribution < -0.4 is 10.1 Å². The van der Waals surface area contributed by atoms with E-state index in [4.69, 9.17) is 9.47 Å². The first-order valence-electron chi connectivity index (χ1n) is 6.74. The molecule has 0 saturated heterocycles. The van der Waals surface area contributed by atoms with E-state index >= 15 is 0 Å². The van der Waals surface area contributed by atoms with Gasteiger partial charge in [-0.2, -0.15) is 0 Å². The molecule has 0 saturated carbocycles. The molecule has 108 valence electrons. The van der Waals surface area contributed by atoms with Gasteiger partial charge in [-0.25, -0.2) is 0 Å². The topological polar surface area (TPSA) is 30.5 Å². The molecule has 0 aliphatic carbocycles. The molecule has 1 aromatic carbocycles. The van der Waals surface area contributed by atoms with Crippen molar-refractivity contribution in [3.8, 4) is 5.75 Å². The summed E-state index contributed by atoms with van der Waals surface area (Å²) >= 11 is 3.49. The Balaban J connectivity index is 2.14. The molecule has 0 fully saturated rings. The minimum Gasteiger partial charge on any atom is -0.496 e. The number of methoxy groups -OCH3 is 1. The molecular weight excluding hydrogens is 306 g/mol. The van der Waals surface area contributed by atoms with E-state index in [1.54, 1.807) is 7.11 Å². The number of rotatable bonds is 9. The van der Waals surface area contributed by atoms with E-state index in [9.17, 15) is 0 Å². The van der Waals surface area contributed by atoms with Crippen molar-refractivity contribution in [1.82, 2.24) is 5.32 Å². The van der Waals surface area contributed by atoms with Gasteiger partial charge in [-0.3, -0.25) is 0 Å². The molecule has 0 radical (unpaired) electrons. The number of nitrogens with one attached hydrogen (secondary N) is 1. The monoisotopic (exact) mass is 329 g/mol. The Kier molecular flexibility index (Phi) is 8.10. The molecule has 19 heavy (non-hydrogen) atoms. The molecule has 1 rings (SSSR count). The van der Waals surface area contributed by atoms with Crippen molar-refractivity contribution in [2.24, 2.45) is 5.92 Å². The third-order valence-electron chi connectivity index (χ3n) is 2.73. The van der Waals surface area contributed by atoms with Crippen LogP contribution in [0.15, 0.2) is 22.7 Å². The predicted molar refractivity (Wildman–Crippen MR) is 82.9 cm³/mol. The first-order chi connectivity index (χ1) is 9.13. The Morgan fingerprint density at radius 1 is 1.26 bits per heavy atom. The number of halogens is 1. The standard InChI is InChI=1S/C15H24BrNO2/c1-12(2)11-17-7-9-19-8-6-13-4-5-15(18-3)14(16)10-13/h4-5,10,12,17H,6-9,11H2,1-3H3. The van der Waals surface area contributed by atoms with Crippen LogP contribution in [-0.2, 0) is 11.2 Å². The Labute approximate surface area is 124 Å². The fraction of sp³-hybridized carbons (Fsp3) is 0.600. The van der Waals surface area contributed by atoms with Gasteiger partial charge in [0.2, 0.25) is 0 Å². The van der Waals surface area contributed by atoms with Gasteiger partial charge in [-0.15, -0.1) is 0 Å². The highest BCUT2D eigenvalue weighted by molar-refractivity contribution is 9.10. The first-order valence-corrected chi connectivity index (χ1v) is 7.53. The van der Waals surface area contributed by atoms with E-state index in [1.807, 2.05) is 6.07 Å². The van der Waals surface area contributed by atoms with Gasteiger partial charge in [-0.1, -0.05) is 19.9 Å². The summed E-state index contributed by atoms with van der Waals surface area (Å²) in [5.74, 6) is 1.55. The van der Waals surface area contributed by atoms with E-state index in [2.05, 4.69) is 47.2 Å². The van der Waals surface area contributed by atoms with Crippen LogP contribution in [-0.4, -0.2) is 33.4 Å². The maximum Gasteiger partial charge on any atom is 0.133 e. The van der Waals surface area contributed by atoms with Crippen molar-refractivity contribution < 1.29 is 9.47 Å². The Bertz CT molecular complexity index is 369. The summed E-state index contributed by atoms with van der Waals surface area (Å²) in [6.07, 6.45) is 0.923. The second-order valence-electron chi connectivity index (χ2n) is 4.93. The zero-order chi connectivity index (χ0) is 14.1. The van der Waals surface area contributed by atoms with Gasteiger partial charge in [0.05, 0.1) is 24.8 Å². The quantitative estimate of drug-likeness (QED) is 0.705. The summed E-state index contributed by atoms with van der Waals surface area (Å²) in [6, 6.07) is 6.13. The van der Waals surface area contributed by atoms with Crippen LogP contribution >= 0.6 is 15.9 Å². The van der Waals surface area contributed by atoms with Crippen molar-refractivity contribution >= 4 is 15.9 Å². The Morgan fingerprint density at radius 3 is 2.68 bits per heavy atom. The van der Waals surface area contributed by atoms with E-state index in [0.717, 1.165) is 42.9 Å². The summed E-state index contributed by atoms with van der Waals surface area (Å²) < 4.78 is 11.8. The minimum absolute atomic E-state index is 0.691. The van der Waals surface area contributed by atoms with Crippen molar-refractivity contribution in [3.63, 3.8) is 0 Å². The summed E-state index contributed by atoms with van der Waals surface area (Å²) in [5.41, 5.74) is 1.25. The highest BCUT2D eigenvalue weighted by Gasteiger charge is 2.01. The lowest BCUT2D eigenvalue weighted by Gasteiger charge is -2.09. The molecule has 0 aliphatic heterocycles. The van der Waals surface area contributed by atoms with E-state index in [-0.39, 0.29) is 0 Å². The molecule has 4 heteroatoms. The maximum atomic E-state index is 5.61. The smallest absolute Gasteiger partial charge is 0.133 e. The van der Waals surface area contributed by atoms with Crippen LogP contribution in [0.4, 0.5) is 0 Å². The fourth-order valence-electron chi connectivity index (χ4n) is 1.69. The van der Waals surface area contributed by atoms with E-state index < -0.39 is 0 Å². The largest absolute Gasteiger partial charge is 0.496 e. The molecule has 0 heterocycles. The number of ether oxygens (including phenoxy) is 2. The minimum atomic E-state index is 0.691. The third-order valence-corrected chi connectivity index (χ3v) is 3.35. The summed E-state index contributed by atoms with van der Waals surface area (Å²) in [6.45, 7) is 7.90. The van der Waals surface area contributed by atoms with Crippen LogP contribution in [0.2, 0.25) is 0 Å². The molecule has 0 spiro atoms. The van der Waals surface area contributed by atoms with Gasteiger partial charge >= 0.3 is 0 Å². The van der Waals surface area contributed by atoms with Crippen molar-refractivity contribution in [1.29, 1.82) is 0 Å². The Morgan fingerprint density at radius 2 is 2.05 bits per heavy atom. The molecule has 0 amide bonds. The molecule has 1 N–H and O–H groups in total. The lowest BCUT2D eigenvalue weighted by molar-refractivity contribution is 0.138. The normalized spacial score (nSPS) is 11.0. The van der Waals surface area contributed by atoms with E-state index in [1.165, 1.54) is 5.56 Å². The van der Waals surface area contributed by atoms with Gasteiger partial charge in [0.15, 0.2) is 0 Å². The van der Waals surface area contributed by atoms with Gasteiger partial charge in [0.1, 0.15) is 5.75 Å². The average molecular weight is 330 g/mol. The molecule has 0 unspecified atom stereocenters. The van der Waals surface area contributed by atoms with Crippen LogP contribution in [0, 0.1) is 5.92 Å².